The molecule has 0 bridgehead atoms. The van der Waals surface area contributed by atoms with Crippen LogP contribution in [-0.2, 0) is 9.53 Å². The molecule has 1 unspecified atom stereocenters. The number of Topliss-reactive ketones (excluding diaryl/α,β-unsaturated/α-hetero) is 1. The number of aliphatic hydroxyl groups is 1. The minimum atomic E-state index is -0.263. The molecule has 0 aromatic carbocycles. The minimum Gasteiger partial charge on any atom is -0.393 e. The van der Waals surface area contributed by atoms with Gasteiger partial charge in [0.15, 0.2) is 5.78 Å². The van der Waals surface area contributed by atoms with E-state index in [9.17, 15) is 9.90 Å². The molecule has 0 amide bonds. The number of allylic oxidation sites excluding steroid dienone is 2. The van der Waals surface area contributed by atoms with Gasteiger partial charge in [0.2, 0.25) is 0 Å². The van der Waals surface area contributed by atoms with Crippen LogP contribution >= 0.6 is 0 Å². The fourth-order valence-corrected chi connectivity index (χ4v) is 8.93. The fourth-order valence-electron chi connectivity index (χ4n) is 8.93. The predicted octanol–water partition coefficient (Wildman–Crippen LogP) is 4.18. The van der Waals surface area contributed by atoms with E-state index in [4.69, 9.17) is 4.74 Å². The zero-order valence-electron chi connectivity index (χ0n) is 19.6. The Morgan fingerprint density at radius 3 is 2.84 bits per heavy atom. The summed E-state index contributed by atoms with van der Waals surface area (Å²) < 4.78 is 6.93. The lowest BCUT2D eigenvalue weighted by Crippen LogP contribution is -2.49. The molecule has 2 aliphatic heterocycles. The Morgan fingerprint density at radius 2 is 2.03 bits per heavy atom. The molecule has 4 nitrogen and oxygen atoms in total. The fraction of sp³-hybridized carbons (Fsp3) is 0.815. The first-order valence-corrected chi connectivity index (χ1v) is 12.8. The lowest BCUT2D eigenvalue weighted by atomic mass is 9.56. The Morgan fingerprint density at radius 1 is 1.23 bits per heavy atom. The molecule has 0 aromatic rings. The highest BCUT2D eigenvalue weighted by atomic mass is 16.5. The van der Waals surface area contributed by atoms with Gasteiger partial charge in [-0.05, 0) is 87.2 Å². The van der Waals surface area contributed by atoms with E-state index in [-0.39, 0.29) is 29.1 Å². The van der Waals surface area contributed by atoms with E-state index >= 15 is 0 Å². The summed E-state index contributed by atoms with van der Waals surface area (Å²) in [6, 6.07) is 0.410. The molecule has 6 aliphatic rings. The van der Waals surface area contributed by atoms with Crippen molar-refractivity contribution in [2.45, 2.75) is 96.5 Å². The number of ketones is 1. The SMILES string of the molecule is CC1=C2C(=O)[C@H]3[C@@H](CC=C4C[C@@H](O)CC[C@@]43C)[C@@H]2CCC12O[C@@H]1C[C@H](C)CN[C@H]1[C@H]2C. The van der Waals surface area contributed by atoms with E-state index in [2.05, 4.69) is 39.1 Å². The Balaban J connectivity index is 1.39. The maximum Gasteiger partial charge on any atom is 0.163 e. The van der Waals surface area contributed by atoms with Crippen LogP contribution in [0.25, 0.3) is 0 Å². The molecule has 4 fully saturated rings. The summed E-state index contributed by atoms with van der Waals surface area (Å²) in [5, 5.41) is 14.0. The van der Waals surface area contributed by atoms with Crippen LogP contribution in [0.4, 0.5) is 0 Å². The van der Waals surface area contributed by atoms with Crippen molar-refractivity contribution in [3.05, 3.63) is 22.8 Å². The summed E-state index contributed by atoms with van der Waals surface area (Å²) in [5.74, 6) is 2.41. The minimum absolute atomic E-state index is 0.0653. The number of hydrogen-bond acceptors (Lipinski definition) is 4. The van der Waals surface area contributed by atoms with Gasteiger partial charge in [-0.2, -0.15) is 0 Å². The number of rotatable bonds is 0. The van der Waals surface area contributed by atoms with Gasteiger partial charge in [0.05, 0.1) is 17.8 Å². The lowest BCUT2D eigenvalue weighted by Gasteiger charge is -2.48. The Kier molecular flexibility index (Phi) is 4.51. The van der Waals surface area contributed by atoms with Crippen LogP contribution in [0.2, 0.25) is 0 Å². The number of nitrogens with one attached hydrogen (secondary N) is 1. The number of aliphatic hydroxyl groups excluding tert-OH is 1. The molecule has 4 aliphatic carbocycles. The van der Waals surface area contributed by atoms with Crippen LogP contribution in [0, 0.1) is 35.0 Å². The molecule has 10 atom stereocenters. The van der Waals surface area contributed by atoms with E-state index in [1.807, 2.05) is 0 Å². The second-order valence-corrected chi connectivity index (χ2v) is 12.1. The summed E-state index contributed by atoms with van der Waals surface area (Å²) in [7, 11) is 0. The number of carbonyl (C=O) groups is 1. The normalized spacial score (nSPS) is 53.7. The van der Waals surface area contributed by atoms with Crippen LogP contribution in [0.15, 0.2) is 22.8 Å². The third kappa shape index (κ3) is 2.62. The monoisotopic (exact) mass is 425 g/mol. The van der Waals surface area contributed by atoms with Crippen molar-refractivity contribution in [1.29, 1.82) is 0 Å². The average molecular weight is 426 g/mol. The number of carbonyl (C=O) groups excluding carboxylic acids is 1. The summed E-state index contributed by atoms with van der Waals surface area (Å²) in [4.78, 5) is 14.1. The van der Waals surface area contributed by atoms with Gasteiger partial charge in [-0.1, -0.05) is 32.4 Å². The van der Waals surface area contributed by atoms with Crippen LogP contribution in [0.5, 0.6) is 0 Å². The Labute approximate surface area is 186 Å². The van der Waals surface area contributed by atoms with Crippen molar-refractivity contribution in [2.75, 3.05) is 6.54 Å². The van der Waals surface area contributed by atoms with Crippen LogP contribution in [0.1, 0.15) is 72.6 Å². The van der Waals surface area contributed by atoms with Gasteiger partial charge in [-0.15, -0.1) is 0 Å². The quantitative estimate of drug-likeness (QED) is 0.572. The van der Waals surface area contributed by atoms with Crippen molar-refractivity contribution in [1.82, 2.24) is 5.32 Å². The topological polar surface area (TPSA) is 58.6 Å². The number of ether oxygens (including phenoxy) is 1. The van der Waals surface area contributed by atoms with Gasteiger partial charge in [-0.3, -0.25) is 4.79 Å². The van der Waals surface area contributed by atoms with E-state index in [0.29, 0.717) is 35.5 Å². The third-order valence-electron chi connectivity index (χ3n) is 10.6. The van der Waals surface area contributed by atoms with Crippen molar-refractivity contribution in [2.24, 2.45) is 35.0 Å². The van der Waals surface area contributed by atoms with Crippen LogP contribution in [0.3, 0.4) is 0 Å². The van der Waals surface area contributed by atoms with Gasteiger partial charge in [-0.25, -0.2) is 0 Å². The van der Waals surface area contributed by atoms with Crippen molar-refractivity contribution in [3.8, 4) is 0 Å². The number of fused-ring (bicyclic) bond motifs is 6. The van der Waals surface area contributed by atoms with Crippen molar-refractivity contribution in [3.63, 3.8) is 0 Å². The molecule has 1 spiro atoms. The smallest absolute Gasteiger partial charge is 0.163 e. The zero-order valence-corrected chi connectivity index (χ0v) is 19.6. The Bertz CT molecular complexity index is 876. The van der Waals surface area contributed by atoms with Gasteiger partial charge in [0.25, 0.3) is 0 Å². The second kappa shape index (κ2) is 6.77. The molecule has 4 heteroatoms. The molecule has 2 saturated carbocycles. The standard InChI is InChI=1S/C27H39NO3/c1-14-11-21-24(28-13-14)16(3)27(31-21)10-8-19-20-6-5-17-12-18(29)7-9-26(17,4)23(20)25(30)22(19)15(27)2/h5,14,16,18-21,23-24,28-29H,6-13H2,1-4H3/t14-,16+,18-,19-,20-,21+,23+,24-,26-,27?/m0/s1. The first-order valence-electron chi connectivity index (χ1n) is 12.8. The van der Waals surface area contributed by atoms with E-state index in [1.54, 1.807) is 0 Å². The summed E-state index contributed by atoms with van der Waals surface area (Å²) >= 11 is 0. The molecular weight excluding hydrogens is 386 g/mol. The van der Waals surface area contributed by atoms with E-state index in [0.717, 1.165) is 57.1 Å². The van der Waals surface area contributed by atoms with Crippen LogP contribution < -0.4 is 5.32 Å². The van der Waals surface area contributed by atoms with Gasteiger partial charge < -0.3 is 15.2 Å². The largest absolute Gasteiger partial charge is 0.393 e. The first-order chi connectivity index (χ1) is 14.8. The highest BCUT2D eigenvalue weighted by Crippen LogP contribution is 2.63. The zero-order chi connectivity index (χ0) is 21.7. The number of piperidine rings is 1. The number of hydrogen-bond donors (Lipinski definition) is 2. The maximum absolute atomic E-state index is 14.1. The molecule has 2 heterocycles. The van der Waals surface area contributed by atoms with Crippen LogP contribution in [-0.4, -0.2) is 41.3 Å². The van der Waals surface area contributed by atoms with E-state index in [1.165, 1.54) is 11.1 Å². The van der Waals surface area contributed by atoms with Gasteiger partial charge >= 0.3 is 0 Å². The highest BCUT2D eigenvalue weighted by Gasteiger charge is 2.63. The molecule has 2 saturated heterocycles. The average Bonchev–Trinajstić information content (AvgIpc) is 3.18. The molecule has 170 valence electrons. The van der Waals surface area contributed by atoms with Crippen molar-refractivity contribution < 1.29 is 14.6 Å². The van der Waals surface area contributed by atoms with E-state index < -0.39 is 0 Å². The second-order valence-electron chi connectivity index (χ2n) is 12.1. The molecular formula is C27H39NO3. The summed E-state index contributed by atoms with van der Waals surface area (Å²) in [5.41, 5.74) is 3.43. The third-order valence-corrected chi connectivity index (χ3v) is 10.6. The maximum atomic E-state index is 14.1. The molecule has 6 rings (SSSR count). The molecule has 0 aromatic heterocycles. The Hall–Kier alpha value is -0.970. The highest BCUT2D eigenvalue weighted by molar-refractivity contribution is 6.02. The van der Waals surface area contributed by atoms with Gasteiger partial charge in [0.1, 0.15) is 0 Å². The summed E-state index contributed by atoms with van der Waals surface area (Å²) in [6.45, 7) is 10.3. The lowest BCUT2D eigenvalue weighted by molar-refractivity contribution is -0.123. The summed E-state index contributed by atoms with van der Waals surface area (Å²) in [6.07, 6.45) is 9.23. The molecule has 31 heavy (non-hydrogen) atoms. The van der Waals surface area contributed by atoms with Gasteiger partial charge in [0, 0.05) is 23.5 Å². The van der Waals surface area contributed by atoms with Crippen molar-refractivity contribution >= 4 is 5.78 Å². The molecule has 2 N–H and O–H groups in total. The first kappa shape index (κ1) is 20.6. The predicted molar refractivity (Wildman–Crippen MR) is 120 cm³/mol. The molecule has 0 radical (unpaired) electrons.